The van der Waals surface area contributed by atoms with Crippen LogP contribution in [0.2, 0.25) is 0 Å². The first-order valence-corrected chi connectivity index (χ1v) is 10.5. The van der Waals surface area contributed by atoms with Crippen LogP contribution < -0.4 is 5.32 Å². The molecule has 3 heterocycles. The van der Waals surface area contributed by atoms with Gasteiger partial charge in [-0.1, -0.05) is 25.5 Å². The van der Waals surface area contributed by atoms with Crippen molar-refractivity contribution < 1.29 is 9.21 Å². The lowest BCUT2D eigenvalue weighted by molar-refractivity contribution is 0.0922. The number of fused-ring (bicyclic) bond motifs is 3. The fraction of sp³-hybridized carbons (Fsp3) is 0.478. The van der Waals surface area contributed by atoms with Crippen molar-refractivity contribution in [3.05, 3.63) is 41.8 Å². The summed E-state index contributed by atoms with van der Waals surface area (Å²) in [7, 11) is 0. The lowest BCUT2D eigenvalue weighted by atomic mass is 10.00. The Kier molecular flexibility index (Phi) is 5.62. The molecule has 1 N–H and O–H groups in total. The predicted molar refractivity (Wildman–Crippen MR) is 113 cm³/mol. The minimum atomic E-state index is -0.148. The summed E-state index contributed by atoms with van der Waals surface area (Å²) in [6.07, 6.45) is 6.13. The molecule has 2 aromatic heterocycles. The number of furan rings is 1. The smallest absolute Gasteiger partial charge is 0.287 e. The number of aryl methyl sites for hydroxylation is 1. The summed E-state index contributed by atoms with van der Waals surface area (Å²) in [6.45, 7) is 7.13. The van der Waals surface area contributed by atoms with E-state index in [1.165, 1.54) is 32.2 Å². The molecule has 1 unspecified atom stereocenters. The van der Waals surface area contributed by atoms with Crippen LogP contribution in [0.1, 0.15) is 55.3 Å². The molecule has 0 radical (unpaired) electrons. The van der Waals surface area contributed by atoms with Crippen LogP contribution in [0.4, 0.5) is 0 Å². The van der Waals surface area contributed by atoms with E-state index in [4.69, 9.17) is 4.42 Å². The summed E-state index contributed by atoms with van der Waals surface area (Å²) in [6, 6.07) is 10.4. The standard InChI is InChI=1S/C23H29N3O2/c1-3-17-9-6-7-13-26(17)14-8-12-24-23(27)21-15-19-16(2)25-20-11-5-4-10-18(20)22(19)28-21/h4-5,10-11,15,17H,3,6-9,12-14H2,1-2H3,(H,24,27). The summed E-state index contributed by atoms with van der Waals surface area (Å²) in [5.74, 6) is 0.214. The van der Waals surface area contributed by atoms with Gasteiger partial charge in [0.2, 0.25) is 0 Å². The molecule has 3 aromatic rings. The third-order valence-corrected chi connectivity index (χ3v) is 5.91. The number of nitrogens with zero attached hydrogens (tertiary/aromatic N) is 2. The van der Waals surface area contributed by atoms with Crippen molar-refractivity contribution in [1.82, 2.24) is 15.2 Å². The Balaban J connectivity index is 1.40. The van der Waals surface area contributed by atoms with Crippen molar-refractivity contribution in [3.8, 4) is 0 Å². The first-order chi connectivity index (χ1) is 13.7. The topological polar surface area (TPSA) is 58.4 Å². The number of rotatable bonds is 6. The van der Waals surface area contributed by atoms with Crippen LogP contribution in [-0.4, -0.2) is 41.5 Å². The van der Waals surface area contributed by atoms with E-state index < -0.39 is 0 Å². The molecule has 5 heteroatoms. The van der Waals surface area contributed by atoms with Crippen molar-refractivity contribution in [3.63, 3.8) is 0 Å². The number of hydrogen-bond acceptors (Lipinski definition) is 4. The summed E-state index contributed by atoms with van der Waals surface area (Å²) >= 11 is 0. The predicted octanol–water partition coefficient (Wildman–Crippen LogP) is 4.67. The molecule has 148 valence electrons. The third-order valence-electron chi connectivity index (χ3n) is 5.91. The van der Waals surface area contributed by atoms with Gasteiger partial charge in [0.25, 0.3) is 5.91 Å². The maximum absolute atomic E-state index is 12.6. The number of benzene rings is 1. The number of carbonyl (C=O) groups is 1. The fourth-order valence-corrected chi connectivity index (χ4v) is 4.36. The normalized spacial score (nSPS) is 18.0. The minimum Gasteiger partial charge on any atom is -0.450 e. The molecule has 1 amide bonds. The number of pyridine rings is 1. The molecule has 28 heavy (non-hydrogen) atoms. The van der Waals surface area contributed by atoms with Gasteiger partial charge in [-0.2, -0.15) is 0 Å². The van der Waals surface area contributed by atoms with E-state index in [0.29, 0.717) is 18.3 Å². The lowest BCUT2D eigenvalue weighted by Crippen LogP contribution is -2.40. The second-order valence-corrected chi connectivity index (χ2v) is 7.77. The Hall–Kier alpha value is -2.40. The van der Waals surface area contributed by atoms with Crippen LogP contribution in [-0.2, 0) is 0 Å². The molecule has 1 atom stereocenters. The van der Waals surface area contributed by atoms with Gasteiger partial charge in [-0.05, 0) is 57.4 Å². The summed E-state index contributed by atoms with van der Waals surface area (Å²) in [5, 5.41) is 4.87. The van der Waals surface area contributed by atoms with Crippen molar-refractivity contribution in [2.24, 2.45) is 0 Å². The molecule has 0 bridgehead atoms. The number of para-hydroxylation sites is 1. The number of carbonyl (C=O) groups excluding carboxylic acids is 1. The monoisotopic (exact) mass is 379 g/mol. The third kappa shape index (κ3) is 3.76. The van der Waals surface area contributed by atoms with Gasteiger partial charge in [-0.3, -0.25) is 9.78 Å². The van der Waals surface area contributed by atoms with Gasteiger partial charge in [0.15, 0.2) is 5.76 Å². The lowest BCUT2D eigenvalue weighted by Gasteiger charge is -2.35. The summed E-state index contributed by atoms with van der Waals surface area (Å²) < 4.78 is 5.94. The Morgan fingerprint density at radius 2 is 2.14 bits per heavy atom. The van der Waals surface area contributed by atoms with Crippen LogP contribution >= 0.6 is 0 Å². The highest BCUT2D eigenvalue weighted by Crippen LogP contribution is 2.29. The van der Waals surface area contributed by atoms with E-state index in [1.54, 1.807) is 0 Å². The van der Waals surface area contributed by atoms with E-state index in [-0.39, 0.29) is 5.91 Å². The number of likely N-dealkylation sites (tertiary alicyclic amines) is 1. The summed E-state index contributed by atoms with van der Waals surface area (Å²) in [4.78, 5) is 19.8. The quantitative estimate of drug-likeness (QED) is 0.632. The highest BCUT2D eigenvalue weighted by molar-refractivity contribution is 6.06. The molecule has 0 aliphatic carbocycles. The van der Waals surface area contributed by atoms with Gasteiger partial charge in [0.05, 0.1) is 5.52 Å². The highest BCUT2D eigenvalue weighted by Gasteiger charge is 2.20. The van der Waals surface area contributed by atoms with Crippen LogP contribution in [0.5, 0.6) is 0 Å². The van der Waals surface area contributed by atoms with E-state index in [9.17, 15) is 4.79 Å². The van der Waals surface area contributed by atoms with Crippen molar-refractivity contribution in [2.45, 2.75) is 52.0 Å². The largest absolute Gasteiger partial charge is 0.450 e. The van der Waals surface area contributed by atoms with Gasteiger partial charge in [-0.15, -0.1) is 0 Å². The van der Waals surface area contributed by atoms with Crippen LogP contribution in [0.15, 0.2) is 34.7 Å². The first kappa shape index (κ1) is 18.9. The van der Waals surface area contributed by atoms with E-state index in [1.807, 2.05) is 37.3 Å². The molecule has 0 saturated carbocycles. The number of aromatic nitrogens is 1. The zero-order valence-electron chi connectivity index (χ0n) is 16.8. The molecule has 4 rings (SSSR count). The van der Waals surface area contributed by atoms with Crippen LogP contribution in [0.25, 0.3) is 21.9 Å². The molecule has 1 fully saturated rings. The Bertz CT molecular complexity index is 979. The molecule has 0 spiro atoms. The average Bonchev–Trinajstić information content (AvgIpc) is 3.18. The number of hydrogen-bond donors (Lipinski definition) is 1. The number of nitrogens with one attached hydrogen (secondary N) is 1. The van der Waals surface area contributed by atoms with E-state index >= 15 is 0 Å². The van der Waals surface area contributed by atoms with Gasteiger partial charge in [0.1, 0.15) is 5.58 Å². The molecular formula is C23H29N3O2. The second kappa shape index (κ2) is 8.31. The molecule has 1 aliphatic heterocycles. The molecule has 1 aromatic carbocycles. The van der Waals surface area contributed by atoms with Crippen LogP contribution in [0, 0.1) is 6.92 Å². The zero-order valence-corrected chi connectivity index (χ0v) is 16.8. The maximum Gasteiger partial charge on any atom is 0.287 e. The van der Waals surface area contributed by atoms with Crippen molar-refractivity contribution in [2.75, 3.05) is 19.6 Å². The Morgan fingerprint density at radius 1 is 1.29 bits per heavy atom. The molecule has 5 nitrogen and oxygen atoms in total. The SMILES string of the molecule is CCC1CCCCN1CCCNC(=O)c1cc2c(C)nc3ccccc3c2o1. The van der Waals surface area contributed by atoms with Crippen molar-refractivity contribution >= 4 is 27.8 Å². The molecule has 1 aliphatic rings. The Labute approximate surface area is 166 Å². The zero-order chi connectivity index (χ0) is 19.5. The molecule has 1 saturated heterocycles. The number of piperidine rings is 1. The van der Waals surface area contributed by atoms with Gasteiger partial charge < -0.3 is 14.6 Å². The highest BCUT2D eigenvalue weighted by atomic mass is 16.3. The number of amides is 1. The van der Waals surface area contributed by atoms with Gasteiger partial charge in [-0.25, -0.2) is 0 Å². The van der Waals surface area contributed by atoms with Gasteiger partial charge in [0, 0.05) is 35.6 Å². The second-order valence-electron chi connectivity index (χ2n) is 7.77. The minimum absolute atomic E-state index is 0.148. The summed E-state index contributed by atoms with van der Waals surface area (Å²) in [5.41, 5.74) is 2.51. The van der Waals surface area contributed by atoms with Crippen molar-refractivity contribution in [1.29, 1.82) is 0 Å². The Morgan fingerprint density at radius 3 is 3.00 bits per heavy atom. The molecular weight excluding hydrogens is 350 g/mol. The van der Waals surface area contributed by atoms with Crippen LogP contribution in [0.3, 0.4) is 0 Å². The first-order valence-electron chi connectivity index (χ1n) is 10.5. The van der Waals surface area contributed by atoms with E-state index in [2.05, 4.69) is 22.1 Å². The maximum atomic E-state index is 12.6. The van der Waals surface area contributed by atoms with Gasteiger partial charge >= 0.3 is 0 Å². The van der Waals surface area contributed by atoms with E-state index in [0.717, 1.165) is 40.5 Å². The fourth-order valence-electron chi connectivity index (χ4n) is 4.36. The average molecular weight is 380 g/mol.